The highest BCUT2D eigenvalue weighted by atomic mass is 16.4. The molecule has 1 N–H and O–H groups in total. The van der Waals surface area contributed by atoms with E-state index in [1.54, 1.807) is 24.3 Å². The number of carboxylic acid groups (broad SMARTS) is 1. The van der Waals surface area contributed by atoms with E-state index < -0.39 is 5.97 Å². The van der Waals surface area contributed by atoms with Crippen molar-refractivity contribution in [2.75, 3.05) is 0 Å². The Balaban J connectivity index is 3.02. The number of nitrogens with zero attached hydrogens (tertiary/aromatic N) is 1. The van der Waals surface area contributed by atoms with Gasteiger partial charge >= 0.3 is 5.97 Å². The predicted molar refractivity (Wildman–Crippen MR) is 61.7 cm³/mol. The maximum atomic E-state index is 10.7. The van der Waals surface area contributed by atoms with Crippen LogP contribution in [0.2, 0.25) is 0 Å². The Hall–Kier alpha value is -2.08. The van der Waals surface area contributed by atoms with Crippen LogP contribution < -0.4 is 0 Å². The molecule has 0 heterocycles. The minimum atomic E-state index is -0.937. The van der Waals surface area contributed by atoms with E-state index in [-0.39, 0.29) is 0 Å². The maximum Gasteiger partial charge on any atom is 0.328 e. The van der Waals surface area contributed by atoms with Crippen molar-refractivity contribution in [2.24, 2.45) is 0 Å². The molecule has 0 saturated carbocycles. The molecule has 0 fully saturated rings. The summed E-state index contributed by atoms with van der Waals surface area (Å²) in [6, 6.07) is 8.98. The van der Waals surface area contributed by atoms with E-state index in [2.05, 4.69) is 0 Å². The summed E-state index contributed by atoms with van der Waals surface area (Å²) < 4.78 is 0. The van der Waals surface area contributed by atoms with E-state index in [9.17, 15) is 4.79 Å². The first-order chi connectivity index (χ1) is 7.67. The normalized spacial score (nSPS) is 10.9. The Kier molecular flexibility index (Phi) is 4.28. The molecule has 3 heteroatoms. The van der Waals surface area contributed by atoms with Gasteiger partial charge in [0.2, 0.25) is 0 Å². The van der Waals surface area contributed by atoms with Crippen LogP contribution in [0, 0.1) is 11.3 Å². The molecule has 0 radical (unpaired) electrons. The van der Waals surface area contributed by atoms with E-state index in [1.165, 1.54) is 6.08 Å². The summed E-state index contributed by atoms with van der Waals surface area (Å²) in [7, 11) is 0. The second-order valence-corrected chi connectivity index (χ2v) is 3.45. The minimum Gasteiger partial charge on any atom is -0.478 e. The Morgan fingerprint density at radius 1 is 1.44 bits per heavy atom. The van der Waals surface area contributed by atoms with Crippen molar-refractivity contribution in [3.05, 3.63) is 41.5 Å². The first kappa shape index (κ1) is 12.0. The molecule has 0 unspecified atom stereocenters. The lowest BCUT2D eigenvalue weighted by Crippen LogP contribution is -1.93. The quantitative estimate of drug-likeness (QED) is 0.785. The van der Waals surface area contributed by atoms with Gasteiger partial charge in [0, 0.05) is 6.08 Å². The highest BCUT2D eigenvalue weighted by Crippen LogP contribution is 2.20. The third kappa shape index (κ3) is 3.25. The van der Waals surface area contributed by atoms with Gasteiger partial charge in [-0.05, 0) is 29.7 Å². The molecule has 0 bridgehead atoms. The number of nitriles is 1. The summed E-state index contributed by atoms with van der Waals surface area (Å²) in [6.07, 6.45) is 2.84. The van der Waals surface area contributed by atoms with Crippen molar-refractivity contribution in [3.8, 4) is 6.07 Å². The highest BCUT2D eigenvalue weighted by molar-refractivity contribution is 5.90. The number of aliphatic carboxylic acids is 1. The van der Waals surface area contributed by atoms with Crippen molar-refractivity contribution in [1.82, 2.24) is 0 Å². The molecule has 1 aromatic carbocycles. The zero-order valence-corrected chi connectivity index (χ0v) is 9.10. The van der Waals surface area contributed by atoms with Crippen LogP contribution in [-0.4, -0.2) is 11.1 Å². The van der Waals surface area contributed by atoms with Crippen molar-refractivity contribution in [2.45, 2.75) is 19.8 Å². The van der Waals surface area contributed by atoms with Gasteiger partial charge in [0.1, 0.15) is 0 Å². The van der Waals surface area contributed by atoms with Gasteiger partial charge in [-0.25, -0.2) is 4.79 Å². The highest BCUT2D eigenvalue weighted by Gasteiger charge is 2.03. The first-order valence-electron chi connectivity index (χ1n) is 5.11. The zero-order valence-electron chi connectivity index (χ0n) is 9.10. The molecule has 0 atom stereocenters. The molecule has 16 heavy (non-hydrogen) atoms. The number of allylic oxidation sites excluding steroid dienone is 1. The Bertz CT molecular complexity index is 438. The maximum absolute atomic E-state index is 10.7. The molecular weight excluding hydrogens is 202 g/mol. The van der Waals surface area contributed by atoms with Crippen LogP contribution in [0.4, 0.5) is 0 Å². The third-order valence-electron chi connectivity index (χ3n) is 2.20. The van der Waals surface area contributed by atoms with Crippen molar-refractivity contribution in [1.29, 1.82) is 5.26 Å². The number of carboxylic acids is 1. The van der Waals surface area contributed by atoms with Gasteiger partial charge in [0.05, 0.1) is 11.6 Å². The summed E-state index contributed by atoms with van der Waals surface area (Å²) in [6.45, 7) is 2.00. The Morgan fingerprint density at radius 3 is 2.50 bits per heavy atom. The molecule has 0 amide bonds. The Labute approximate surface area is 94.6 Å². The predicted octanol–water partition coefficient (Wildman–Crippen LogP) is 2.83. The molecule has 0 spiro atoms. The average molecular weight is 215 g/mol. The number of rotatable bonds is 4. The fourth-order valence-electron chi connectivity index (χ4n) is 1.48. The molecule has 1 aromatic rings. The average Bonchev–Trinajstić information content (AvgIpc) is 2.28. The molecule has 0 aliphatic rings. The smallest absolute Gasteiger partial charge is 0.328 e. The van der Waals surface area contributed by atoms with Gasteiger partial charge in [-0.3, -0.25) is 0 Å². The van der Waals surface area contributed by atoms with Crippen LogP contribution in [0.3, 0.4) is 0 Å². The van der Waals surface area contributed by atoms with Crippen LogP contribution >= 0.6 is 0 Å². The summed E-state index contributed by atoms with van der Waals surface area (Å²) in [5, 5.41) is 17.4. The fraction of sp³-hybridized carbons (Fsp3) is 0.231. The van der Waals surface area contributed by atoms with Crippen LogP contribution in [-0.2, 0) is 4.79 Å². The van der Waals surface area contributed by atoms with E-state index in [1.807, 2.05) is 13.0 Å². The monoisotopic (exact) mass is 215 g/mol. The molecule has 1 rings (SSSR count). The molecule has 82 valence electrons. The molecular formula is C13H13NO2. The van der Waals surface area contributed by atoms with Gasteiger partial charge in [0.25, 0.3) is 0 Å². The largest absolute Gasteiger partial charge is 0.478 e. The van der Waals surface area contributed by atoms with Crippen LogP contribution in [0.1, 0.15) is 30.9 Å². The van der Waals surface area contributed by atoms with Crippen LogP contribution in [0.5, 0.6) is 0 Å². The second kappa shape index (κ2) is 5.72. The molecule has 0 aliphatic carbocycles. The summed E-state index contributed by atoms with van der Waals surface area (Å²) in [5.41, 5.74) is 2.23. The minimum absolute atomic E-state index is 0.579. The summed E-state index contributed by atoms with van der Waals surface area (Å²) in [5.74, 6) is -0.937. The van der Waals surface area contributed by atoms with E-state index in [0.29, 0.717) is 5.56 Å². The van der Waals surface area contributed by atoms with Gasteiger partial charge in [-0.15, -0.1) is 0 Å². The Morgan fingerprint density at radius 2 is 2.06 bits per heavy atom. The van der Waals surface area contributed by atoms with Crippen molar-refractivity contribution in [3.63, 3.8) is 0 Å². The van der Waals surface area contributed by atoms with Crippen LogP contribution in [0.25, 0.3) is 5.57 Å². The zero-order chi connectivity index (χ0) is 12.0. The van der Waals surface area contributed by atoms with E-state index >= 15 is 0 Å². The van der Waals surface area contributed by atoms with Crippen molar-refractivity contribution < 1.29 is 9.90 Å². The van der Waals surface area contributed by atoms with Gasteiger partial charge in [0.15, 0.2) is 0 Å². The lowest BCUT2D eigenvalue weighted by atomic mass is 10.00. The summed E-state index contributed by atoms with van der Waals surface area (Å²) in [4.78, 5) is 10.7. The number of benzene rings is 1. The second-order valence-electron chi connectivity index (χ2n) is 3.45. The van der Waals surface area contributed by atoms with Gasteiger partial charge < -0.3 is 5.11 Å². The van der Waals surface area contributed by atoms with Crippen LogP contribution in [0.15, 0.2) is 30.3 Å². The summed E-state index contributed by atoms with van der Waals surface area (Å²) >= 11 is 0. The number of hydrogen-bond donors (Lipinski definition) is 1. The molecule has 0 saturated heterocycles. The molecule has 0 aromatic heterocycles. The van der Waals surface area contributed by atoms with E-state index in [0.717, 1.165) is 24.0 Å². The van der Waals surface area contributed by atoms with Gasteiger partial charge in [-0.2, -0.15) is 5.26 Å². The fourth-order valence-corrected chi connectivity index (χ4v) is 1.48. The SMILES string of the molecule is CCC/C(=C\C(=O)O)c1ccc(C#N)cc1. The molecule has 0 aliphatic heterocycles. The first-order valence-corrected chi connectivity index (χ1v) is 5.11. The van der Waals surface area contributed by atoms with E-state index in [4.69, 9.17) is 10.4 Å². The third-order valence-corrected chi connectivity index (χ3v) is 2.20. The lowest BCUT2D eigenvalue weighted by Gasteiger charge is -2.05. The topological polar surface area (TPSA) is 61.1 Å². The lowest BCUT2D eigenvalue weighted by molar-refractivity contribution is -0.131. The number of carbonyl (C=O) groups is 1. The molecule has 3 nitrogen and oxygen atoms in total. The van der Waals surface area contributed by atoms with Gasteiger partial charge in [-0.1, -0.05) is 25.5 Å². The standard InChI is InChI=1S/C13H13NO2/c1-2-3-12(8-13(15)16)11-6-4-10(9-14)5-7-11/h4-8H,2-3H2,1H3,(H,15,16)/b12-8+. The number of hydrogen-bond acceptors (Lipinski definition) is 2. The van der Waals surface area contributed by atoms with Crippen molar-refractivity contribution >= 4 is 11.5 Å².